The molecular weight excluding hydrogens is 520 g/mol. The van der Waals surface area contributed by atoms with Gasteiger partial charge >= 0.3 is 0 Å². The van der Waals surface area contributed by atoms with Gasteiger partial charge in [-0.2, -0.15) is 0 Å². The molecule has 1 aliphatic carbocycles. The summed E-state index contributed by atoms with van der Waals surface area (Å²) in [5.74, 6) is 2.25. The van der Waals surface area contributed by atoms with Crippen LogP contribution in [0.3, 0.4) is 0 Å². The lowest BCUT2D eigenvalue weighted by Gasteiger charge is -2.43. The number of fused-ring (bicyclic) bond motifs is 2. The van der Waals surface area contributed by atoms with Gasteiger partial charge in [0.05, 0.1) is 18.6 Å². The predicted molar refractivity (Wildman–Crippen MR) is 170 cm³/mol. The zero-order valence-electron chi connectivity index (χ0n) is 25.4. The van der Waals surface area contributed by atoms with E-state index in [9.17, 15) is 10.2 Å². The number of ether oxygens (including phenoxy) is 2. The van der Waals surface area contributed by atoms with Crippen LogP contribution in [-0.2, 0) is 11.8 Å². The molecule has 1 aliphatic rings. The van der Waals surface area contributed by atoms with Gasteiger partial charge in [0.25, 0.3) is 0 Å². The quantitative estimate of drug-likeness (QED) is 0.163. The van der Waals surface area contributed by atoms with Crippen LogP contribution in [0.1, 0.15) is 96.9 Å². The Bertz CT molecular complexity index is 1390. The summed E-state index contributed by atoms with van der Waals surface area (Å²) >= 11 is 0. The molecule has 0 fully saturated rings. The summed E-state index contributed by atoms with van der Waals surface area (Å²) in [7, 11) is 0. The molecule has 0 radical (unpaired) electrons. The van der Waals surface area contributed by atoms with Gasteiger partial charge in [-0.15, -0.1) is 0 Å². The topological polar surface area (TPSA) is 58.9 Å². The minimum Gasteiger partial charge on any atom is -0.491 e. The predicted octanol–water partition coefficient (Wildman–Crippen LogP) is 7.74. The zero-order chi connectivity index (χ0) is 29.7. The lowest BCUT2D eigenvalue weighted by molar-refractivity contribution is 0.199. The molecule has 2 atom stereocenters. The van der Waals surface area contributed by atoms with Crippen molar-refractivity contribution in [1.29, 1.82) is 0 Å². The molecule has 2 N–H and O–H groups in total. The molecule has 42 heavy (non-hydrogen) atoms. The molecule has 2 unspecified atom stereocenters. The van der Waals surface area contributed by atoms with E-state index in [1.165, 1.54) is 33.4 Å². The highest BCUT2D eigenvalue weighted by Crippen LogP contribution is 2.52. The second-order valence-corrected chi connectivity index (χ2v) is 11.5. The molecule has 4 aromatic carbocycles. The van der Waals surface area contributed by atoms with Gasteiger partial charge in [0, 0.05) is 0 Å². The fraction of sp³-hybridized carbons (Fsp3) is 0.368. The van der Waals surface area contributed by atoms with E-state index in [4.69, 9.17) is 9.47 Å². The van der Waals surface area contributed by atoms with Crippen LogP contribution in [0.5, 0.6) is 11.5 Å². The Labute approximate surface area is 251 Å². The number of benzene rings is 4. The monoisotopic (exact) mass is 564 g/mol. The average molecular weight is 565 g/mol. The molecular formula is C38H44O4. The minimum absolute atomic E-state index is 0.0184. The Morgan fingerprint density at radius 3 is 1.48 bits per heavy atom. The van der Waals surface area contributed by atoms with Crippen molar-refractivity contribution in [2.75, 3.05) is 26.4 Å². The van der Waals surface area contributed by atoms with Crippen molar-refractivity contribution < 1.29 is 19.7 Å². The first kappa shape index (κ1) is 29.9. The number of hydrogen-bond donors (Lipinski definition) is 2. The number of hydrogen-bond acceptors (Lipinski definition) is 4. The van der Waals surface area contributed by atoms with Gasteiger partial charge in [-0.1, -0.05) is 100 Å². The van der Waals surface area contributed by atoms with Crippen LogP contribution in [0, 0.1) is 0 Å². The Morgan fingerprint density at radius 1 is 0.643 bits per heavy atom. The van der Waals surface area contributed by atoms with Crippen LogP contribution in [-0.4, -0.2) is 36.6 Å². The van der Waals surface area contributed by atoms with Crippen molar-refractivity contribution >= 4 is 0 Å². The molecule has 4 nitrogen and oxygen atoms in total. The van der Waals surface area contributed by atoms with E-state index < -0.39 is 5.41 Å². The highest BCUT2D eigenvalue weighted by molar-refractivity contribution is 5.68. The van der Waals surface area contributed by atoms with Crippen LogP contribution in [0.4, 0.5) is 0 Å². The maximum absolute atomic E-state index is 9.50. The van der Waals surface area contributed by atoms with Gasteiger partial charge in [-0.25, -0.2) is 0 Å². The first-order valence-electron chi connectivity index (χ1n) is 15.4. The molecule has 0 aliphatic heterocycles. The Balaban J connectivity index is 1.87. The van der Waals surface area contributed by atoms with Crippen LogP contribution in [0.15, 0.2) is 84.9 Å². The first-order chi connectivity index (χ1) is 20.5. The second kappa shape index (κ2) is 13.1. The molecule has 0 bridgehead atoms. The van der Waals surface area contributed by atoms with E-state index in [1.54, 1.807) is 0 Å². The molecule has 0 heterocycles. The van der Waals surface area contributed by atoms with Crippen LogP contribution in [0.2, 0.25) is 0 Å². The van der Waals surface area contributed by atoms with E-state index in [0.29, 0.717) is 0 Å². The highest BCUT2D eigenvalue weighted by atomic mass is 16.5. The normalized spacial score (nSPS) is 14.9. The summed E-state index contributed by atoms with van der Waals surface area (Å²) in [6, 6.07) is 31.1. The Kier molecular flexibility index (Phi) is 9.35. The third kappa shape index (κ3) is 5.34. The van der Waals surface area contributed by atoms with Gasteiger partial charge in [-0.05, 0) is 87.7 Å². The molecule has 220 valence electrons. The summed E-state index contributed by atoms with van der Waals surface area (Å²) in [5, 5.41) is 19.0. The summed E-state index contributed by atoms with van der Waals surface area (Å²) in [6.07, 6.45) is 2.85. The number of aliphatic hydroxyl groups is 2. The van der Waals surface area contributed by atoms with Crippen LogP contribution >= 0.6 is 0 Å². The third-order valence-electron chi connectivity index (χ3n) is 9.09. The molecule has 0 aromatic heterocycles. The van der Waals surface area contributed by atoms with E-state index in [-0.39, 0.29) is 38.3 Å². The van der Waals surface area contributed by atoms with Crippen molar-refractivity contribution in [2.24, 2.45) is 0 Å². The van der Waals surface area contributed by atoms with Crippen molar-refractivity contribution in [3.63, 3.8) is 0 Å². The smallest absolute Gasteiger partial charge is 0.122 e. The molecule has 0 saturated heterocycles. The number of aliphatic hydroxyl groups excluding tert-OH is 2. The van der Waals surface area contributed by atoms with Gasteiger partial charge in [0.1, 0.15) is 24.7 Å². The van der Waals surface area contributed by atoms with E-state index in [0.717, 1.165) is 41.9 Å². The zero-order valence-corrected chi connectivity index (χ0v) is 25.4. The van der Waals surface area contributed by atoms with Gasteiger partial charge in [0.15, 0.2) is 0 Å². The first-order valence-corrected chi connectivity index (χ1v) is 15.4. The van der Waals surface area contributed by atoms with E-state index >= 15 is 0 Å². The maximum Gasteiger partial charge on any atom is 0.122 e. The van der Waals surface area contributed by atoms with Crippen molar-refractivity contribution in [3.8, 4) is 11.5 Å². The molecule has 4 heteroatoms. The minimum atomic E-state index is -0.555. The highest BCUT2D eigenvalue weighted by Gasteiger charge is 2.44. The molecule has 0 amide bonds. The summed E-state index contributed by atoms with van der Waals surface area (Å²) < 4.78 is 12.1. The molecule has 0 saturated carbocycles. The van der Waals surface area contributed by atoms with Crippen molar-refractivity contribution in [1.82, 2.24) is 0 Å². The van der Waals surface area contributed by atoms with Gasteiger partial charge in [-0.3, -0.25) is 0 Å². The average Bonchev–Trinajstić information content (AvgIpc) is 3.04. The number of rotatable bonds is 12. The maximum atomic E-state index is 9.50. The summed E-state index contributed by atoms with van der Waals surface area (Å²) in [5.41, 5.74) is 9.41. The lowest BCUT2D eigenvalue weighted by Crippen LogP contribution is -2.36. The SMILES string of the molecule is CCC(C)c1cc(C2(c3ccc(OCCO)c(C(C)CC)c3)c3ccccc3Cc3ccccc32)ccc1OCCO. The molecule has 0 spiro atoms. The van der Waals surface area contributed by atoms with Crippen LogP contribution in [0.25, 0.3) is 0 Å². The fourth-order valence-corrected chi connectivity index (χ4v) is 6.57. The second-order valence-electron chi connectivity index (χ2n) is 11.5. The largest absolute Gasteiger partial charge is 0.491 e. The van der Waals surface area contributed by atoms with Gasteiger partial charge in [0.2, 0.25) is 0 Å². The Hall–Kier alpha value is -3.60. The summed E-state index contributed by atoms with van der Waals surface area (Å²) in [4.78, 5) is 0. The van der Waals surface area contributed by atoms with E-state index in [2.05, 4.69) is 113 Å². The molecule has 4 aromatic rings. The van der Waals surface area contributed by atoms with Crippen molar-refractivity contribution in [2.45, 2.75) is 64.2 Å². The molecule has 5 rings (SSSR count). The standard InChI is InChI=1S/C38H44O4/c1-5-26(3)32-24-30(15-17-36(32)41-21-19-39)38(31-16-18-37(42-22-20-40)33(25-31)27(4)6-2)34-13-9-7-11-28(34)23-29-12-8-10-14-35(29)38/h7-18,24-27,39-40H,5-6,19-23H2,1-4H3. The Morgan fingerprint density at radius 2 is 1.07 bits per heavy atom. The van der Waals surface area contributed by atoms with Crippen LogP contribution < -0.4 is 9.47 Å². The van der Waals surface area contributed by atoms with E-state index in [1.807, 2.05) is 0 Å². The lowest BCUT2D eigenvalue weighted by atomic mass is 9.59. The third-order valence-corrected chi connectivity index (χ3v) is 9.09. The fourth-order valence-electron chi connectivity index (χ4n) is 6.57. The van der Waals surface area contributed by atoms with Crippen molar-refractivity contribution in [3.05, 3.63) is 129 Å². The summed E-state index contributed by atoms with van der Waals surface area (Å²) in [6.45, 7) is 9.41. The van der Waals surface area contributed by atoms with Gasteiger partial charge < -0.3 is 19.7 Å².